The van der Waals surface area contributed by atoms with Crippen LogP contribution in [-0.2, 0) is 9.53 Å². The van der Waals surface area contributed by atoms with Gasteiger partial charge >= 0.3 is 5.97 Å². The van der Waals surface area contributed by atoms with E-state index in [1.165, 1.54) is 20.3 Å². The Kier molecular flexibility index (Phi) is 8.66. The summed E-state index contributed by atoms with van der Waals surface area (Å²) in [6.07, 6.45) is 0. The fraction of sp³-hybridized carbons (Fsp3) is 0.192. The van der Waals surface area contributed by atoms with E-state index in [4.69, 9.17) is 18.9 Å². The van der Waals surface area contributed by atoms with Gasteiger partial charge in [-0.3, -0.25) is 9.59 Å². The van der Waals surface area contributed by atoms with Crippen molar-refractivity contribution < 1.29 is 33.3 Å². The van der Waals surface area contributed by atoms with Crippen LogP contribution in [0.4, 0.5) is 11.4 Å². The summed E-state index contributed by atoms with van der Waals surface area (Å²) in [4.78, 5) is 37.1. The van der Waals surface area contributed by atoms with Gasteiger partial charge in [-0.15, -0.1) is 0 Å². The highest BCUT2D eigenvalue weighted by Crippen LogP contribution is 2.31. The number of methoxy groups -OCH3 is 2. The van der Waals surface area contributed by atoms with E-state index in [1.54, 1.807) is 60.7 Å². The molecular formula is C26H26N2O7. The van der Waals surface area contributed by atoms with Gasteiger partial charge in [0.15, 0.2) is 18.1 Å². The zero-order chi connectivity index (χ0) is 25.2. The van der Waals surface area contributed by atoms with Gasteiger partial charge in [0.1, 0.15) is 11.3 Å². The van der Waals surface area contributed by atoms with Gasteiger partial charge in [-0.25, -0.2) is 4.79 Å². The Morgan fingerprint density at radius 3 is 2.09 bits per heavy atom. The van der Waals surface area contributed by atoms with Gasteiger partial charge in [-0.05, 0) is 67.6 Å². The van der Waals surface area contributed by atoms with Crippen LogP contribution in [0.5, 0.6) is 17.2 Å². The molecule has 182 valence electrons. The van der Waals surface area contributed by atoms with Gasteiger partial charge in [0, 0.05) is 16.9 Å². The number of para-hydroxylation sites is 1. The summed E-state index contributed by atoms with van der Waals surface area (Å²) in [5.74, 6) is -0.242. The third-order valence-electron chi connectivity index (χ3n) is 4.81. The van der Waals surface area contributed by atoms with Gasteiger partial charge in [0.05, 0.1) is 20.8 Å². The van der Waals surface area contributed by atoms with E-state index < -0.39 is 18.5 Å². The maximum atomic E-state index is 12.5. The molecule has 0 saturated carbocycles. The van der Waals surface area contributed by atoms with Crippen molar-refractivity contribution in [1.82, 2.24) is 0 Å². The van der Waals surface area contributed by atoms with E-state index in [0.717, 1.165) is 5.75 Å². The average molecular weight is 479 g/mol. The van der Waals surface area contributed by atoms with Crippen LogP contribution in [0.15, 0.2) is 66.7 Å². The van der Waals surface area contributed by atoms with Gasteiger partial charge in [0.25, 0.3) is 11.8 Å². The second-order valence-corrected chi connectivity index (χ2v) is 7.15. The van der Waals surface area contributed by atoms with Crippen molar-refractivity contribution in [3.63, 3.8) is 0 Å². The Morgan fingerprint density at radius 1 is 0.800 bits per heavy atom. The van der Waals surface area contributed by atoms with E-state index in [2.05, 4.69) is 10.6 Å². The Morgan fingerprint density at radius 2 is 1.46 bits per heavy atom. The van der Waals surface area contributed by atoms with Crippen molar-refractivity contribution in [2.75, 3.05) is 38.1 Å². The van der Waals surface area contributed by atoms with Crippen molar-refractivity contribution in [3.05, 3.63) is 77.9 Å². The molecule has 0 aliphatic carbocycles. The summed E-state index contributed by atoms with van der Waals surface area (Å²) < 4.78 is 20.8. The highest BCUT2D eigenvalue weighted by molar-refractivity contribution is 6.04. The molecule has 0 unspecified atom stereocenters. The van der Waals surface area contributed by atoms with E-state index in [1.807, 2.05) is 6.92 Å². The van der Waals surface area contributed by atoms with E-state index >= 15 is 0 Å². The summed E-state index contributed by atoms with van der Waals surface area (Å²) >= 11 is 0. The van der Waals surface area contributed by atoms with Crippen LogP contribution in [0.2, 0.25) is 0 Å². The van der Waals surface area contributed by atoms with Gasteiger partial charge in [0.2, 0.25) is 0 Å². The van der Waals surface area contributed by atoms with E-state index in [0.29, 0.717) is 29.3 Å². The SMILES string of the molecule is CCOc1ccc(NC(=O)c2ccc(NC(=O)COC(=O)c3cccc(OC)c3OC)cc2)cc1. The van der Waals surface area contributed by atoms with Crippen molar-refractivity contribution >= 4 is 29.2 Å². The number of esters is 1. The molecule has 3 aromatic rings. The first-order chi connectivity index (χ1) is 16.9. The lowest BCUT2D eigenvalue weighted by Crippen LogP contribution is -2.21. The van der Waals surface area contributed by atoms with E-state index in [-0.39, 0.29) is 17.2 Å². The number of rotatable bonds is 10. The Labute approximate surface area is 203 Å². The standard InChI is InChI=1S/C26H26N2O7/c1-4-34-20-14-12-19(13-15-20)28-25(30)17-8-10-18(11-9-17)27-23(29)16-35-26(31)21-6-5-7-22(32-2)24(21)33-3/h5-15H,4,16H2,1-3H3,(H,27,29)(H,28,30). The Balaban J connectivity index is 1.52. The van der Waals surface area contributed by atoms with Crippen LogP contribution in [-0.4, -0.2) is 45.2 Å². The molecule has 2 amide bonds. The Bertz CT molecular complexity index is 1180. The van der Waals surface area contributed by atoms with Crippen LogP contribution < -0.4 is 24.8 Å². The second kappa shape index (κ2) is 12.1. The molecule has 0 fully saturated rings. The molecule has 0 heterocycles. The summed E-state index contributed by atoms with van der Waals surface area (Å²) in [5.41, 5.74) is 1.63. The maximum absolute atomic E-state index is 12.5. The first kappa shape index (κ1) is 25.1. The first-order valence-corrected chi connectivity index (χ1v) is 10.8. The molecule has 0 bridgehead atoms. The number of anilines is 2. The summed E-state index contributed by atoms with van der Waals surface area (Å²) in [7, 11) is 2.86. The normalized spacial score (nSPS) is 10.1. The third kappa shape index (κ3) is 6.73. The lowest BCUT2D eigenvalue weighted by atomic mass is 10.2. The number of hydrogen-bond acceptors (Lipinski definition) is 7. The molecule has 0 atom stereocenters. The fourth-order valence-electron chi connectivity index (χ4n) is 3.16. The average Bonchev–Trinajstić information content (AvgIpc) is 2.88. The van der Waals surface area contributed by atoms with Crippen LogP contribution in [0, 0.1) is 0 Å². The lowest BCUT2D eigenvalue weighted by Gasteiger charge is -2.12. The number of ether oxygens (including phenoxy) is 4. The van der Waals surface area contributed by atoms with Crippen LogP contribution in [0.1, 0.15) is 27.6 Å². The predicted molar refractivity (Wildman–Crippen MR) is 130 cm³/mol. The van der Waals surface area contributed by atoms with Gasteiger partial charge in [-0.2, -0.15) is 0 Å². The minimum atomic E-state index is -0.725. The second-order valence-electron chi connectivity index (χ2n) is 7.15. The number of carbonyl (C=O) groups is 3. The van der Waals surface area contributed by atoms with Crippen LogP contribution in [0.3, 0.4) is 0 Å². The molecule has 35 heavy (non-hydrogen) atoms. The monoisotopic (exact) mass is 478 g/mol. The smallest absolute Gasteiger partial charge is 0.342 e. The molecule has 3 rings (SSSR count). The molecule has 0 aromatic heterocycles. The lowest BCUT2D eigenvalue weighted by molar-refractivity contribution is -0.119. The minimum absolute atomic E-state index is 0.141. The van der Waals surface area contributed by atoms with Crippen molar-refractivity contribution in [3.8, 4) is 17.2 Å². The number of hydrogen-bond donors (Lipinski definition) is 2. The Hall–Kier alpha value is -4.53. The van der Waals surface area contributed by atoms with Crippen molar-refractivity contribution in [2.24, 2.45) is 0 Å². The number of nitrogens with one attached hydrogen (secondary N) is 2. The van der Waals surface area contributed by atoms with Gasteiger partial charge < -0.3 is 29.6 Å². The van der Waals surface area contributed by atoms with Crippen molar-refractivity contribution in [2.45, 2.75) is 6.92 Å². The maximum Gasteiger partial charge on any atom is 0.342 e. The topological polar surface area (TPSA) is 112 Å². The molecule has 0 radical (unpaired) electrons. The van der Waals surface area contributed by atoms with Crippen molar-refractivity contribution in [1.29, 1.82) is 0 Å². The summed E-state index contributed by atoms with van der Waals surface area (Å²) in [5, 5.41) is 5.41. The molecule has 3 aromatic carbocycles. The largest absolute Gasteiger partial charge is 0.494 e. The zero-order valence-electron chi connectivity index (χ0n) is 19.6. The third-order valence-corrected chi connectivity index (χ3v) is 4.81. The fourth-order valence-corrected chi connectivity index (χ4v) is 3.16. The number of amides is 2. The predicted octanol–water partition coefficient (Wildman–Crippen LogP) is 4.15. The highest BCUT2D eigenvalue weighted by atomic mass is 16.5. The molecule has 9 nitrogen and oxygen atoms in total. The minimum Gasteiger partial charge on any atom is -0.494 e. The molecular weight excluding hydrogens is 452 g/mol. The molecule has 0 spiro atoms. The highest BCUT2D eigenvalue weighted by Gasteiger charge is 2.18. The van der Waals surface area contributed by atoms with Gasteiger partial charge in [-0.1, -0.05) is 6.07 Å². The van der Waals surface area contributed by atoms with Crippen LogP contribution >= 0.6 is 0 Å². The summed E-state index contributed by atoms with van der Waals surface area (Å²) in [6.45, 7) is 1.96. The molecule has 9 heteroatoms. The number of carbonyl (C=O) groups excluding carboxylic acids is 3. The zero-order valence-corrected chi connectivity index (χ0v) is 19.6. The number of benzene rings is 3. The molecule has 0 aliphatic rings. The summed E-state index contributed by atoms with van der Waals surface area (Å²) in [6, 6.07) is 18.1. The molecule has 0 saturated heterocycles. The van der Waals surface area contributed by atoms with E-state index in [9.17, 15) is 14.4 Å². The molecule has 0 aliphatic heterocycles. The quantitative estimate of drug-likeness (QED) is 0.421. The van der Waals surface area contributed by atoms with Crippen LogP contribution in [0.25, 0.3) is 0 Å². The molecule has 2 N–H and O–H groups in total. The first-order valence-electron chi connectivity index (χ1n) is 10.8.